The summed E-state index contributed by atoms with van der Waals surface area (Å²) >= 11 is 0. The molecular weight excluding hydrogens is 166 g/mol. The first kappa shape index (κ1) is 9.84. The molecule has 0 fully saturated rings. The number of hydrogen-bond acceptors (Lipinski definition) is 2. The van der Waals surface area contributed by atoms with Crippen LogP contribution in [0.2, 0.25) is 0 Å². The highest BCUT2D eigenvalue weighted by Crippen LogP contribution is 2.05. The van der Waals surface area contributed by atoms with Crippen LogP contribution in [0.4, 0.5) is 0 Å². The number of methoxy groups -OCH3 is 1. The predicted molar refractivity (Wildman–Crippen MR) is 50.7 cm³/mol. The third-order valence-electron chi connectivity index (χ3n) is 1.98. The molecule has 1 aromatic rings. The van der Waals surface area contributed by atoms with E-state index in [9.17, 15) is 4.79 Å². The van der Waals surface area contributed by atoms with Crippen molar-refractivity contribution in [3.05, 3.63) is 24.0 Å². The lowest BCUT2D eigenvalue weighted by Gasteiger charge is -2.05. The van der Waals surface area contributed by atoms with Crippen molar-refractivity contribution in [2.75, 3.05) is 7.11 Å². The quantitative estimate of drug-likeness (QED) is 0.666. The van der Waals surface area contributed by atoms with Gasteiger partial charge in [0.05, 0.1) is 7.11 Å². The van der Waals surface area contributed by atoms with Gasteiger partial charge in [-0.2, -0.15) is 0 Å². The van der Waals surface area contributed by atoms with Gasteiger partial charge in [-0.1, -0.05) is 13.3 Å². The number of ether oxygens (including phenoxy) is 1. The maximum atomic E-state index is 11.2. The van der Waals surface area contributed by atoms with Crippen molar-refractivity contribution in [3.8, 4) is 0 Å². The van der Waals surface area contributed by atoms with Gasteiger partial charge in [-0.3, -0.25) is 0 Å². The molecule has 0 aromatic carbocycles. The van der Waals surface area contributed by atoms with E-state index in [2.05, 4.69) is 11.7 Å². The van der Waals surface area contributed by atoms with Gasteiger partial charge in [0.1, 0.15) is 5.69 Å². The molecule has 0 saturated carbocycles. The summed E-state index contributed by atoms with van der Waals surface area (Å²) < 4.78 is 6.58. The van der Waals surface area contributed by atoms with Crippen molar-refractivity contribution >= 4 is 5.97 Å². The van der Waals surface area contributed by atoms with E-state index in [4.69, 9.17) is 0 Å². The summed E-state index contributed by atoms with van der Waals surface area (Å²) in [5.41, 5.74) is 0.635. The molecule has 13 heavy (non-hydrogen) atoms. The van der Waals surface area contributed by atoms with Gasteiger partial charge >= 0.3 is 5.97 Å². The molecule has 3 heteroatoms. The highest BCUT2D eigenvalue weighted by atomic mass is 16.5. The van der Waals surface area contributed by atoms with Crippen LogP contribution in [0.5, 0.6) is 0 Å². The number of hydrogen-bond donors (Lipinski definition) is 0. The van der Waals surface area contributed by atoms with E-state index in [0.717, 1.165) is 19.4 Å². The number of aryl methyl sites for hydroxylation is 1. The van der Waals surface area contributed by atoms with E-state index in [-0.39, 0.29) is 5.97 Å². The van der Waals surface area contributed by atoms with Crippen LogP contribution in [-0.4, -0.2) is 17.6 Å². The summed E-state index contributed by atoms with van der Waals surface area (Å²) in [4.78, 5) is 11.2. The Labute approximate surface area is 78.3 Å². The molecule has 0 aliphatic carbocycles. The van der Waals surface area contributed by atoms with Crippen molar-refractivity contribution in [3.63, 3.8) is 0 Å². The average Bonchev–Trinajstić information content (AvgIpc) is 2.61. The van der Waals surface area contributed by atoms with Crippen LogP contribution < -0.4 is 0 Å². The Morgan fingerprint density at radius 1 is 1.62 bits per heavy atom. The SMILES string of the molecule is CCCCn1cccc1C(=O)OC. The molecule has 0 N–H and O–H groups in total. The third kappa shape index (κ3) is 2.34. The number of rotatable bonds is 4. The maximum Gasteiger partial charge on any atom is 0.354 e. The first-order valence-corrected chi connectivity index (χ1v) is 4.53. The molecule has 0 aliphatic heterocycles. The summed E-state index contributed by atoms with van der Waals surface area (Å²) in [5, 5.41) is 0. The van der Waals surface area contributed by atoms with E-state index in [0.29, 0.717) is 5.69 Å². The Bertz CT molecular complexity index is 278. The second kappa shape index (κ2) is 4.70. The number of unbranched alkanes of at least 4 members (excludes halogenated alkanes) is 1. The first-order chi connectivity index (χ1) is 6.29. The van der Waals surface area contributed by atoms with Crippen LogP contribution in [0.1, 0.15) is 30.3 Å². The largest absolute Gasteiger partial charge is 0.464 e. The molecule has 0 atom stereocenters. The molecule has 0 saturated heterocycles. The van der Waals surface area contributed by atoms with Crippen LogP contribution in [0.25, 0.3) is 0 Å². The van der Waals surface area contributed by atoms with Crippen molar-refractivity contribution in [2.45, 2.75) is 26.3 Å². The zero-order valence-corrected chi connectivity index (χ0v) is 8.12. The normalized spacial score (nSPS) is 10.0. The lowest BCUT2D eigenvalue weighted by molar-refractivity contribution is 0.0588. The van der Waals surface area contributed by atoms with Crippen LogP contribution in [0, 0.1) is 0 Å². The fraction of sp³-hybridized carbons (Fsp3) is 0.500. The zero-order valence-electron chi connectivity index (χ0n) is 8.12. The highest BCUT2D eigenvalue weighted by molar-refractivity contribution is 5.87. The van der Waals surface area contributed by atoms with Gasteiger partial charge < -0.3 is 9.30 Å². The standard InChI is InChI=1S/C10H15NO2/c1-3-4-7-11-8-5-6-9(11)10(12)13-2/h5-6,8H,3-4,7H2,1-2H3. The van der Waals surface area contributed by atoms with Gasteiger partial charge in [-0.25, -0.2) is 4.79 Å². The average molecular weight is 181 g/mol. The summed E-state index contributed by atoms with van der Waals surface area (Å²) in [6.07, 6.45) is 4.11. The Hall–Kier alpha value is -1.25. The van der Waals surface area contributed by atoms with E-state index in [1.165, 1.54) is 7.11 Å². The molecule has 1 rings (SSSR count). The minimum atomic E-state index is -0.263. The Morgan fingerprint density at radius 2 is 2.38 bits per heavy atom. The van der Waals surface area contributed by atoms with E-state index < -0.39 is 0 Å². The molecule has 72 valence electrons. The van der Waals surface area contributed by atoms with E-state index >= 15 is 0 Å². The Kier molecular flexibility index (Phi) is 3.55. The Morgan fingerprint density at radius 3 is 3.00 bits per heavy atom. The molecule has 0 aliphatic rings. The minimum absolute atomic E-state index is 0.263. The number of esters is 1. The number of aromatic nitrogens is 1. The van der Waals surface area contributed by atoms with Gasteiger partial charge in [-0.05, 0) is 18.6 Å². The second-order valence-corrected chi connectivity index (χ2v) is 2.93. The van der Waals surface area contributed by atoms with E-state index in [1.54, 1.807) is 6.07 Å². The summed E-state index contributed by atoms with van der Waals surface area (Å²) in [6.45, 7) is 3.01. The maximum absolute atomic E-state index is 11.2. The first-order valence-electron chi connectivity index (χ1n) is 4.53. The summed E-state index contributed by atoms with van der Waals surface area (Å²) in [6, 6.07) is 3.64. The van der Waals surface area contributed by atoms with Crippen LogP contribution in [0.15, 0.2) is 18.3 Å². The fourth-order valence-electron chi connectivity index (χ4n) is 1.23. The zero-order chi connectivity index (χ0) is 9.68. The fourth-order valence-corrected chi connectivity index (χ4v) is 1.23. The topological polar surface area (TPSA) is 31.2 Å². The summed E-state index contributed by atoms with van der Waals surface area (Å²) in [5.74, 6) is -0.263. The van der Waals surface area contributed by atoms with Crippen molar-refractivity contribution < 1.29 is 9.53 Å². The molecule has 0 unspecified atom stereocenters. The van der Waals surface area contributed by atoms with Crippen molar-refractivity contribution in [2.24, 2.45) is 0 Å². The minimum Gasteiger partial charge on any atom is -0.464 e. The number of nitrogens with zero attached hydrogens (tertiary/aromatic N) is 1. The second-order valence-electron chi connectivity index (χ2n) is 2.93. The molecule has 0 radical (unpaired) electrons. The van der Waals surface area contributed by atoms with Crippen LogP contribution in [-0.2, 0) is 11.3 Å². The molecule has 1 aromatic heterocycles. The number of carbonyl (C=O) groups is 1. The van der Waals surface area contributed by atoms with Crippen LogP contribution in [0.3, 0.4) is 0 Å². The van der Waals surface area contributed by atoms with Crippen molar-refractivity contribution in [1.82, 2.24) is 4.57 Å². The van der Waals surface area contributed by atoms with Gasteiger partial charge in [0.25, 0.3) is 0 Å². The smallest absolute Gasteiger partial charge is 0.354 e. The Balaban J connectivity index is 2.71. The molecule has 0 spiro atoms. The monoisotopic (exact) mass is 181 g/mol. The molecular formula is C10H15NO2. The van der Waals surface area contributed by atoms with Gasteiger partial charge in [0, 0.05) is 12.7 Å². The van der Waals surface area contributed by atoms with Gasteiger partial charge in [0.2, 0.25) is 0 Å². The predicted octanol–water partition coefficient (Wildman–Crippen LogP) is 2.07. The van der Waals surface area contributed by atoms with Gasteiger partial charge in [0.15, 0.2) is 0 Å². The molecule has 0 bridgehead atoms. The van der Waals surface area contributed by atoms with Crippen molar-refractivity contribution in [1.29, 1.82) is 0 Å². The summed E-state index contributed by atoms with van der Waals surface area (Å²) in [7, 11) is 1.40. The molecule has 1 heterocycles. The lowest BCUT2D eigenvalue weighted by atomic mass is 10.3. The third-order valence-corrected chi connectivity index (χ3v) is 1.98. The van der Waals surface area contributed by atoms with E-state index in [1.807, 2.05) is 16.8 Å². The lowest BCUT2D eigenvalue weighted by Crippen LogP contribution is -2.09. The number of carbonyl (C=O) groups excluding carboxylic acids is 1. The molecule has 3 nitrogen and oxygen atoms in total. The van der Waals surface area contributed by atoms with Crippen LogP contribution >= 0.6 is 0 Å². The highest BCUT2D eigenvalue weighted by Gasteiger charge is 2.09. The molecule has 0 amide bonds. The van der Waals surface area contributed by atoms with Gasteiger partial charge in [-0.15, -0.1) is 0 Å².